The van der Waals surface area contributed by atoms with Crippen molar-refractivity contribution in [2.75, 3.05) is 26.3 Å². The van der Waals surface area contributed by atoms with E-state index in [2.05, 4.69) is 6.07 Å². The van der Waals surface area contributed by atoms with Crippen LogP contribution in [0.5, 0.6) is 0 Å². The number of carbonyl (C=O) groups is 1. The highest BCUT2D eigenvalue weighted by Gasteiger charge is 2.27. The summed E-state index contributed by atoms with van der Waals surface area (Å²) in [7, 11) is 0. The van der Waals surface area contributed by atoms with Crippen molar-refractivity contribution in [2.24, 2.45) is 11.8 Å². The third-order valence-corrected chi connectivity index (χ3v) is 2.61. The van der Waals surface area contributed by atoms with Crippen LogP contribution < -0.4 is 0 Å². The largest absolute Gasteiger partial charge is 0.380 e. The van der Waals surface area contributed by atoms with E-state index in [0.717, 1.165) is 6.42 Å². The first-order valence-electron chi connectivity index (χ1n) is 5.43. The van der Waals surface area contributed by atoms with E-state index in [1.165, 1.54) is 0 Å². The third kappa shape index (κ3) is 3.21. The van der Waals surface area contributed by atoms with E-state index in [0.29, 0.717) is 26.3 Å². The van der Waals surface area contributed by atoms with Crippen LogP contribution in [0, 0.1) is 23.2 Å². The second-order valence-electron chi connectivity index (χ2n) is 4.14. The van der Waals surface area contributed by atoms with Crippen LogP contribution in [-0.2, 0) is 9.53 Å². The topological polar surface area (TPSA) is 53.3 Å². The molecule has 1 unspecified atom stereocenters. The Morgan fingerprint density at radius 1 is 1.40 bits per heavy atom. The van der Waals surface area contributed by atoms with E-state index >= 15 is 0 Å². The van der Waals surface area contributed by atoms with Crippen LogP contribution >= 0.6 is 0 Å². The summed E-state index contributed by atoms with van der Waals surface area (Å²) < 4.78 is 5.27. The number of nitrogens with zero attached hydrogens (tertiary/aromatic N) is 2. The Labute approximate surface area is 90.8 Å². The van der Waals surface area contributed by atoms with Gasteiger partial charge in [0, 0.05) is 19.7 Å². The van der Waals surface area contributed by atoms with Gasteiger partial charge in [0.15, 0.2) is 0 Å². The molecule has 0 aliphatic carbocycles. The van der Waals surface area contributed by atoms with Gasteiger partial charge in [0.1, 0.15) is 5.92 Å². The highest BCUT2D eigenvalue weighted by molar-refractivity contribution is 5.81. The molecule has 0 aromatic heterocycles. The Balaban J connectivity index is 2.61. The highest BCUT2D eigenvalue weighted by atomic mass is 16.5. The van der Waals surface area contributed by atoms with Crippen molar-refractivity contribution < 1.29 is 9.53 Å². The quantitative estimate of drug-likeness (QED) is 0.684. The standard InChI is InChI=1S/C11H18N2O2/c1-9(2)10(8-12)11(14)13-4-3-6-15-7-5-13/h9-10H,3-7H2,1-2H3. The lowest BCUT2D eigenvalue weighted by Gasteiger charge is -2.23. The third-order valence-electron chi connectivity index (χ3n) is 2.61. The summed E-state index contributed by atoms with van der Waals surface area (Å²) in [6.07, 6.45) is 0.863. The maximum Gasteiger partial charge on any atom is 0.240 e. The molecule has 0 radical (unpaired) electrons. The second-order valence-corrected chi connectivity index (χ2v) is 4.14. The predicted molar refractivity (Wildman–Crippen MR) is 56.0 cm³/mol. The molecule has 1 aliphatic heterocycles. The van der Waals surface area contributed by atoms with Gasteiger partial charge in [-0.2, -0.15) is 5.26 Å². The number of carbonyl (C=O) groups excluding carboxylic acids is 1. The summed E-state index contributed by atoms with van der Waals surface area (Å²) in [6, 6.07) is 2.09. The number of nitriles is 1. The molecule has 4 nitrogen and oxygen atoms in total. The summed E-state index contributed by atoms with van der Waals surface area (Å²) in [4.78, 5) is 13.7. The second kappa shape index (κ2) is 5.72. The van der Waals surface area contributed by atoms with Gasteiger partial charge >= 0.3 is 0 Å². The van der Waals surface area contributed by atoms with E-state index in [1.54, 1.807) is 4.90 Å². The number of ether oxygens (including phenoxy) is 1. The molecule has 0 bridgehead atoms. The fraction of sp³-hybridized carbons (Fsp3) is 0.818. The van der Waals surface area contributed by atoms with E-state index in [9.17, 15) is 4.79 Å². The number of rotatable bonds is 2. The molecule has 0 saturated carbocycles. The normalized spacial score (nSPS) is 19.5. The van der Waals surface area contributed by atoms with Gasteiger partial charge < -0.3 is 9.64 Å². The van der Waals surface area contributed by atoms with Crippen molar-refractivity contribution in [1.29, 1.82) is 5.26 Å². The molecule has 15 heavy (non-hydrogen) atoms. The first-order chi connectivity index (χ1) is 7.16. The van der Waals surface area contributed by atoms with Gasteiger partial charge in [-0.25, -0.2) is 0 Å². The molecule has 1 heterocycles. The van der Waals surface area contributed by atoms with E-state index in [4.69, 9.17) is 10.00 Å². The molecule has 0 aromatic carbocycles. The van der Waals surface area contributed by atoms with Gasteiger partial charge in [0.2, 0.25) is 5.91 Å². The molecule has 1 atom stereocenters. The zero-order valence-corrected chi connectivity index (χ0v) is 9.40. The lowest BCUT2D eigenvalue weighted by Crippen LogP contribution is -2.39. The first-order valence-corrected chi connectivity index (χ1v) is 5.43. The van der Waals surface area contributed by atoms with Crippen LogP contribution in [0.2, 0.25) is 0 Å². The maximum atomic E-state index is 12.0. The Morgan fingerprint density at radius 2 is 2.13 bits per heavy atom. The van der Waals surface area contributed by atoms with Crippen LogP contribution in [0.1, 0.15) is 20.3 Å². The lowest BCUT2D eigenvalue weighted by molar-refractivity contribution is -0.134. The molecular weight excluding hydrogens is 192 g/mol. The average molecular weight is 210 g/mol. The molecule has 1 aliphatic rings. The smallest absolute Gasteiger partial charge is 0.240 e. The number of amides is 1. The molecule has 1 fully saturated rings. The van der Waals surface area contributed by atoms with E-state index < -0.39 is 5.92 Å². The van der Waals surface area contributed by atoms with Gasteiger partial charge in [0.05, 0.1) is 12.7 Å². The highest BCUT2D eigenvalue weighted by Crippen LogP contribution is 2.14. The van der Waals surface area contributed by atoms with Crippen LogP contribution in [0.25, 0.3) is 0 Å². The van der Waals surface area contributed by atoms with Crippen LogP contribution in [-0.4, -0.2) is 37.1 Å². The summed E-state index contributed by atoms with van der Waals surface area (Å²) in [5.41, 5.74) is 0. The fourth-order valence-electron chi connectivity index (χ4n) is 1.65. The monoisotopic (exact) mass is 210 g/mol. The summed E-state index contributed by atoms with van der Waals surface area (Å²) in [5, 5.41) is 8.94. The Hall–Kier alpha value is -1.08. The maximum absolute atomic E-state index is 12.0. The van der Waals surface area contributed by atoms with Crippen LogP contribution in [0.15, 0.2) is 0 Å². The Morgan fingerprint density at radius 3 is 2.73 bits per heavy atom. The minimum atomic E-state index is -0.511. The molecular formula is C11H18N2O2. The van der Waals surface area contributed by atoms with Crippen molar-refractivity contribution >= 4 is 5.91 Å². The van der Waals surface area contributed by atoms with Crippen molar-refractivity contribution in [2.45, 2.75) is 20.3 Å². The molecule has 0 N–H and O–H groups in total. The van der Waals surface area contributed by atoms with E-state index in [-0.39, 0.29) is 11.8 Å². The van der Waals surface area contributed by atoms with Crippen molar-refractivity contribution in [1.82, 2.24) is 4.90 Å². The van der Waals surface area contributed by atoms with Gasteiger partial charge in [-0.05, 0) is 12.3 Å². The van der Waals surface area contributed by atoms with Gasteiger partial charge in [-0.15, -0.1) is 0 Å². The zero-order valence-electron chi connectivity index (χ0n) is 9.40. The van der Waals surface area contributed by atoms with E-state index in [1.807, 2.05) is 13.8 Å². The summed E-state index contributed by atoms with van der Waals surface area (Å²) in [6.45, 7) is 6.43. The van der Waals surface area contributed by atoms with Gasteiger partial charge in [-0.3, -0.25) is 4.79 Å². The molecule has 0 spiro atoms. The predicted octanol–water partition coefficient (Wildman–Crippen LogP) is 1.03. The summed E-state index contributed by atoms with van der Waals surface area (Å²) >= 11 is 0. The first kappa shape index (κ1) is 12.0. The van der Waals surface area contributed by atoms with Crippen molar-refractivity contribution in [3.8, 4) is 6.07 Å². The Bertz CT molecular complexity index is 250. The molecule has 4 heteroatoms. The SMILES string of the molecule is CC(C)C(C#N)C(=O)N1CCCOCC1. The minimum absolute atomic E-state index is 0.0435. The minimum Gasteiger partial charge on any atom is -0.380 e. The van der Waals surface area contributed by atoms with Gasteiger partial charge in [0.25, 0.3) is 0 Å². The van der Waals surface area contributed by atoms with Crippen molar-refractivity contribution in [3.63, 3.8) is 0 Å². The zero-order chi connectivity index (χ0) is 11.3. The Kier molecular flexibility index (Phi) is 4.57. The summed E-state index contributed by atoms with van der Waals surface area (Å²) in [5.74, 6) is -0.479. The number of hydrogen-bond donors (Lipinski definition) is 0. The molecule has 0 aromatic rings. The van der Waals surface area contributed by atoms with Crippen molar-refractivity contribution in [3.05, 3.63) is 0 Å². The molecule has 1 saturated heterocycles. The molecule has 84 valence electrons. The average Bonchev–Trinajstić information content (AvgIpc) is 2.45. The lowest BCUT2D eigenvalue weighted by atomic mass is 9.96. The molecule has 1 amide bonds. The van der Waals surface area contributed by atoms with Crippen LogP contribution in [0.3, 0.4) is 0 Å². The van der Waals surface area contributed by atoms with Gasteiger partial charge in [-0.1, -0.05) is 13.8 Å². The molecule has 1 rings (SSSR count). The van der Waals surface area contributed by atoms with Crippen LogP contribution in [0.4, 0.5) is 0 Å². The number of hydrogen-bond acceptors (Lipinski definition) is 3. The fourth-order valence-corrected chi connectivity index (χ4v) is 1.65.